The summed E-state index contributed by atoms with van der Waals surface area (Å²) in [5.74, 6) is 0. The van der Waals surface area contributed by atoms with E-state index in [-0.39, 0.29) is 20.1 Å². The van der Waals surface area contributed by atoms with Gasteiger partial charge >= 0.3 is 0 Å². The number of aryl methyl sites for hydroxylation is 1. The summed E-state index contributed by atoms with van der Waals surface area (Å²) in [4.78, 5) is 9.19. The number of hydrogen-bond acceptors (Lipinski definition) is 7. The van der Waals surface area contributed by atoms with Crippen LogP contribution in [-0.4, -0.2) is 38.0 Å². The number of fused-ring (bicyclic) bond motifs is 2. The summed E-state index contributed by atoms with van der Waals surface area (Å²) in [6.45, 7) is 7.74. The van der Waals surface area contributed by atoms with Gasteiger partial charge in [-0.15, -0.1) is 11.4 Å². The van der Waals surface area contributed by atoms with Gasteiger partial charge in [0.25, 0.3) is 0 Å². The van der Waals surface area contributed by atoms with Gasteiger partial charge in [-0.2, -0.15) is 78.7 Å². The van der Waals surface area contributed by atoms with Crippen molar-refractivity contribution in [3.05, 3.63) is 207 Å². The van der Waals surface area contributed by atoms with E-state index in [4.69, 9.17) is 0 Å². The second-order valence-electron chi connectivity index (χ2n) is 14.4. The van der Waals surface area contributed by atoms with Crippen LogP contribution in [0.25, 0.3) is 11.4 Å². The molecule has 10 rings (SSSR count). The number of rotatable bonds is 12. The Morgan fingerprint density at radius 1 is 0.583 bits per heavy atom. The zero-order chi connectivity index (χ0) is 39.8. The first-order valence-corrected chi connectivity index (χ1v) is 19.9. The van der Waals surface area contributed by atoms with Gasteiger partial charge in [0.1, 0.15) is 6.54 Å². The Labute approximate surface area is 365 Å². The molecule has 0 fully saturated rings. The number of benzene rings is 6. The molecule has 303 valence electrons. The molecule has 0 spiro atoms. The fourth-order valence-corrected chi connectivity index (χ4v) is 7.45. The number of nitrogens with zero attached hydrogens (tertiary/aromatic N) is 10. The van der Waals surface area contributed by atoms with E-state index in [1.165, 1.54) is 33.9 Å². The number of aromatic nitrogens is 6. The maximum Gasteiger partial charge on any atom is 0.118 e. The van der Waals surface area contributed by atoms with Gasteiger partial charge in [-0.1, -0.05) is 90.1 Å². The molecule has 4 heterocycles. The summed E-state index contributed by atoms with van der Waals surface area (Å²) in [5.41, 5.74) is 11.0. The first-order chi connectivity index (χ1) is 29.2. The first kappa shape index (κ1) is 40.2. The van der Waals surface area contributed by atoms with Crippen LogP contribution in [0.4, 0.5) is 34.1 Å². The van der Waals surface area contributed by atoms with Crippen molar-refractivity contribution >= 4 is 34.1 Å². The Hall–Kier alpha value is -6.55. The fraction of sp³-hybridized carbons (Fsp3) is 0.143. The Morgan fingerprint density at radius 3 is 1.62 bits per heavy atom. The van der Waals surface area contributed by atoms with Crippen molar-refractivity contribution in [2.45, 2.75) is 25.9 Å². The van der Waals surface area contributed by atoms with Crippen molar-refractivity contribution in [3.8, 4) is 11.4 Å². The van der Waals surface area contributed by atoms with Gasteiger partial charge in [-0.25, -0.2) is 9.78 Å². The summed E-state index contributed by atoms with van der Waals surface area (Å²) >= 11 is 0. The molecule has 8 aromatic rings. The molecule has 0 unspecified atom stereocenters. The predicted octanol–water partition coefficient (Wildman–Crippen LogP) is 8.78. The molecule has 0 saturated heterocycles. The molecule has 60 heavy (non-hydrogen) atoms. The van der Waals surface area contributed by atoms with E-state index in [0.717, 1.165) is 48.7 Å². The van der Waals surface area contributed by atoms with Gasteiger partial charge in [0.2, 0.25) is 0 Å². The van der Waals surface area contributed by atoms with Crippen molar-refractivity contribution < 1.29 is 24.8 Å². The average Bonchev–Trinajstić information content (AvgIpc) is 4.09. The second kappa shape index (κ2) is 19.0. The van der Waals surface area contributed by atoms with E-state index in [2.05, 4.69) is 164 Å². The monoisotopic (exact) mass is 965 g/mol. The second-order valence-corrected chi connectivity index (χ2v) is 14.4. The minimum absolute atomic E-state index is 0. The third kappa shape index (κ3) is 9.18. The predicted molar refractivity (Wildman–Crippen MR) is 233 cm³/mol. The average molecular weight is 965 g/mol. The van der Waals surface area contributed by atoms with Crippen LogP contribution in [0, 0.1) is 31.7 Å². The molecular weight excluding hydrogens is 921 g/mol. The van der Waals surface area contributed by atoms with E-state index in [1.54, 1.807) is 9.36 Å². The Morgan fingerprint density at radius 2 is 1.08 bits per heavy atom. The van der Waals surface area contributed by atoms with Crippen LogP contribution in [0.5, 0.6) is 0 Å². The first-order valence-electron chi connectivity index (χ1n) is 19.9. The Kier molecular flexibility index (Phi) is 12.8. The SMILES string of the molecule is Cn1n[n+](Cc2ccccc2)[c-]c1-c1cn(Cc2ccccc2)nn1.[Ir].[c-]1ccccc1N1[CH-]N(CCCCN2[CH-]N(c3[c-]cccc3)c3ccccc32)c2ccccc21. The molecule has 0 saturated carbocycles. The van der Waals surface area contributed by atoms with Crippen LogP contribution < -0.4 is 24.3 Å². The van der Waals surface area contributed by atoms with Gasteiger partial charge in [0.15, 0.2) is 0 Å². The molecule has 2 aliphatic heterocycles. The summed E-state index contributed by atoms with van der Waals surface area (Å²) in [7, 11) is 1.89. The van der Waals surface area contributed by atoms with Crippen LogP contribution in [0.15, 0.2) is 164 Å². The standard InChI is InChI=1S/C30H26N4.C19H18N6.Ir/c1-3-13-25(14-4-1)33-23-31(27-17-7-9-19-29(27)33)21-11-12-22-32-24-34(26-15-5-2-6-16-26)30-20-10-8-18-28(30)32;1-23-19(15-25(22-23)13-17-10-6-3-7-11-17)18-14-24(21-20-18)12-16-8-4-2-5-9-16;/h1-10,13,15,17-20,23-24H,11-12,21-22H2;2-11,14H,12-13H2,1H3;/q-4;;. The number of para-hydroxylation sites is 6. The molecule has 6 aromatic carbocycles. The number of hydrogen-bond donors (Lipinski definition) is 0. The molecule has 2 aliphatic rings. The minimum atomic E-state index is 0. The van der Waals surface area contributed by atoms with Crippen LogP contribution in [0.3, 0.4) is 0 Å². The normalized spacial score (nSPS) is 12.8. The summed E-state index contributed by atoms with van der Waals surface area (Å²) in [6, 6.07) is 60.6. The fourth-order valence-electron chi connectivity index (χ4n) is 7.45. The summed E-state index contributed by atoms with van der Waals surface area (Å²) < 4.78 is 5.40. The maximum absolute atomic E-state index is 4.48. The van der Waals surface area contributed by atoms with Gasteiger partial charge in [0, 0.05) is 54.7 Å². The zero-order valence-corrected chi connectivity index (χ0v) is 35.7. The molecule has 0 bridgehead atoms. The zero-order valence-electron chi connectivity index (χ0n) is 33.3. The van der Waals surface area contributed by atoms with Crippen molar-refractivity contribution in [1.82, 2.24) is 24.9 Å². The molecule has 0 atom stereocenters. The van der Waals surface area contributed by atoms with Gasteiger partial charge in [-0.05, 0) is 67.5 Å². The largest absolute Gasteiger partial charge is 0.501 e. The molecule has 0 N–H and O–H groups in total. The molecule has 2 aromatic heterocycles. The van der Waals surface area contributed by atoms with Crippen LogP contribution in [0.1, 0.15) is 24.0 Å². The third-order valence-electron chi connectivity index (χ3n) is 10.3. The topological polar surface area (TPSA) is 65.4 Å². The molecule has 0 aliphatic carbocycles. The molecule has 1 radical (unpaired) electrons. The smallest absolute Gasteiger partial charge is 0.118 e. The van der Waals surface area contributed by atoms with Crippen molar-refractivity contribution in [2.75, 3.05) is 32.7 Å². The van der Waals surface area contributed by atoms with Crippen molar-refractivity contribution in [2.24, 2.45) is 7.05 Å². The van der Waals surface area contributed by atoms with E-state index in [1.807, 2.05) is 78.6 Å². The van der Waals surface area contributed by atoms with Gasteiger partial charge < -0.3 is 19.6 Å². The molecular formula is C49H44IrN10-4. The van der Waals surface area contributed by atoms with E-state index in [9.17, 15) is 0 Å². The quantitative estimate of drug-likeness (QED) is 0.0690. The number of unbranched alkanes of at least 4 members (excludes halogenated alkanes) is 1. The van der Waals surface area contributed by atoms with E-state index in [0.29, 0.717) is 13.1 Å². The van der Waals surface area contributed by atoms with Crippen LogP contribution >= 0.6 is 0 Å². The minimum Gasteiger partial charge on any atom is -0.501 e. The van der Waals surface area contributed by atoms with Crippen molar-refractivity contribution in [1.29, 1.82) is 0 Å². The van der Waals surface area contributed by atoms with Gasteiger partial charge in [0.05, 0.1) is 24.5 Å². The van der Waals surface area contributed by atoms with E-state index < -0.39 is 0 Å². The van der Waals surface area contributed by atoms with E-state index >= 15 is 0 Å². The summed E-state index contributed by atoms with van der Waals surface area (Å²) in [5, 5.41) is 13.0. The Bertz CT molecular complexity index is 2460. The summed E-state index contributed by atoms with van der Waals surface area (Å²) in [6.07, 6.45) is 7.40. The maximum atomic E-state index is 4.48. The Balaban J connectivity index is 0.000000171. The van der Waals surface area contributed by atoms with Crippen molar-refractivity contribution in [3.63, 3.8) is 0 Å². The molecule has 0 amide bonds. The van der Waals surface area contributed by atoms with Crippen LogP contribution in [0.2, 0.25) is 0 Å². The van der Waals surface area contributed by atoms with Gasteiger partial charge in [-0.3, -0.25) is 4.68 Å². The van der Waals surface area contributed by atoms with Crippen LogP contribution in [-0.2, 0) is 40.2 Å². The number of anilines is 6. The molecule has 10 nitrogen and oxygen atoms in total. The molecule has 11 heteroatoms. The third-order valence-corrected chi connectivity index (χ3v) is 10.3.